The highest BCUT2D eigenvalue weighted by atomic mass is 35.5. The van der Waals surface area contributed by atoms with Crippen molar-refractivity contribution in [2.24, 2.45) is 5.41 Å². The second-order valence-corrected chi connectivity index (χ2v) is 5.87. The number of hydrogen-bond acceptors (Lipinski definition) is 1. The zero-order chi connectivity index (χ0) is 13.9. The third-order valence-corrected chi connectivity index (χ3v) is 3.90. The van der Waals surface area contributed by atoms with Crippen LogP contribution in [0.4, 0.5) is 0 Å². The van der Waals surface area contributed by atoms with Crippen LogP contribution in [0.1, 0.15) is 72.1 Å². The van der Waals surface area contributed by atoms with Gasteiger partial charge in [0.05, 0.1) is 0 Å². The second kappa shape index (κ2) is 10.7. The van der Waals surface area contributed by atoms with Crippen molar-refractivity contribution in [3.8, 4) is 0 Å². The highest BCUT2D eigenvalue weighted by Gasteiger charge is 2.22. The largest absolute Gasteiger partial charge is 0.355 e. The molecular formula is C15H30ClNO. The predicted molar refractivity (Wildman–Crippen MR) is 80.1 cm³/mol. The zero-order valence-electron chi connectivity index (χ0n) is 12.4. The van der Waals surface area contributed by atoms with Gasteiger partial charge in [-0.25, -0.2) is 0 Å². The van der Waals surface area contributed by atoms with E-state index in [1.54, 1.807) is 0 Å². The van der Waals surface area contributed by atoms with Crippen molar-refractivity contribution in [3.63, 3.8) is 0 Å². The fourth-order valence-electron chi connectivity index (χ4n) is 2.51. The number of carbonyl (C=O) groups is 1. The summed E-state index contributed by atoms with van der Waals surface area (Å²) in [6, 6.07) is 0. The van der Waals surface area contributed by atoms with Gasteiger partial charge in [-0.3, -0.25) is 4.79 Å². The van der Waals surface area contributed by atoms with Crippen molar-refractivity contribution in [2.45, 2.75) is 72.1 Å². The van der Waals surface area contributed by atoms with E-state index >= 15 is 0 Å². The summed E-state index contributed by atoms with van der Waals surface area (Å²) in [4.78, 5) is 11.1. The van der Waals surface area contributed by atoms with Crippen molar-refractivity contribution in [2.75, 3.05) is 12.4 Å². The summed E-state index contributed by atoms with van der Waals surface area (Å²) >= 11 is 5.47. The lowest BCUT2D eigenvalue weighted by Crippen LogP contribution is -2.30. The Morgan fingerprint density at radius 3 is 2.33 bits per heavy atom. The number of nitrogens with one attached hydrogen (secondary N) is 1. The molecule has 0 aliphatic heterocycles. The number of alkyl halides is 1. The Balaban J connectivity index is 3.95. The van der Waals surface area contributed by atoms with Crippen LogP contribution in [-0.4, -0.2) is 18.3 Å². The van der Waals surface area contributed by atoms with Crippen LogP contribution in [0.25, 0.3) is 0 Å². The Kier molecular flexibility index (Phi) is 10.5. The monoisotopic (exact) mass is 275 g/mol. The maximum atomic E-state index is 11.1. The molecule has 0 saturated heterocycles. The fourth-order valence-corrected chi connectivity index (χ4v) is 2.60. The molecule has 0 fully saturated rings. The molecule has 18 heavy (non-hydrogen) atoms. The van der Waals surface area contributed by atoms with E-state index in [1.165, 1.54) is 44.9 Å². The summed E-state index contributed by atoms with van der Waals surface area (Å²) in [7, 11) is 0. The molecule has 0 radical (unpaired) electrons. The molecule has 0 aromatic carbocycles. The van der Waals surface area contributed by atoms with Crippen LogP contribution in [-0.2, 0) is 4.79 Å². The van der Waals surface area contributed by atoms with Gasteiger partial charge in [0.2, 0.25) is 5.91 Å². The summed E-state index contributed by atoms with van der Waals surface area (Å²) in [5, 5.41) is 2.88. The van der Waals surface area contributed by atoms with E-state index in [-0.39, 0.29) is 11.8 Å². The minimum Gasteiger partial charge on any atom is -0.355 e. The van der Waals surface area contributed by atoms with Crippen molar-refractivity contribution in [1.29, 1.82) is 0 Å². The Morgan fingerprint density at radius 1 is 1.06 bits per heavy atom. The van der Waals surface area contributed by atoms with Crippen LogP contribution < -0.4 is 5.32 Å². The lowest BCUT2D eigenvalue weighted by Gasteiger charge is -2.29. The standard InChI is InChI=1S/C15H30ClNO/c1-4-6-7-8-10-15(3,9-5-2)11-12-17-14(18)13-16/h4-13H2,1-3H3,(H,17,18). The number of amides is 1. The minimum atomic E-state index is -0.0542. The van der Waals surface area contributed by atoms with Crippen molar-refractivity contribution < 1.29 is 4.79 Å². The molecule has 1 atom stereocenters. The van der Waals surface area contributed by atoms with Crippen LogP contribution >= 0.6 is 11.6 Å². The molecule has 2 nitrogen and oxygen atoms in total. The Labute approximate surface area is 118 Å². The molecule has 0 bridgehead atoms. The molecule has 108 valence electrons. The van der Waals surface area contributed by atoms with Gasteiger partial charge >= 0.3 is 0 Å². The van der Waals surface area contributed by atoms with Crippen molar-refractivity contribution >= 4 is 17.5 Å². The molecule has 0 aromatic heterocycles. The molecule has 1 unspecified atom stereocenters. The van der Waals surface area contributed by atoms with Crippen LogP contribution in [0, 0.1) is 5.41 Å². The lowest BCUT2D eigenvalue weighted by atomic mass is 9.77. The summed E-state index contributed by atoms with van der Waals surface area (Å²) in [6.07, 6.45) is 10.1. The summed E-state index contributed by atoms with van der Waals surface area (Å²) in [6.45, 7) is 7.60. The fraction of sp³-hybridized carbons (Fsp3) is 0.933. The molecule has 0 aliphatic rings. The quantitative estimate of drug-likeness (QED) is 0.436. The lowest BCUT2D eigenvalue weighted by molar-refractivity contribution is -0.118. The molecule has 1 amide bonds. The van der Waals surface area contributed by atoms with Gasteiger partial charge in [-0.2, -0.15) is 0 Å². The van der Waals surface area contributed by atoms with Gasteiger partial charge in [0.1, 0.15) is 5.88 Å². The maximum absolute atomic E-state index is 11.1. The van der Waals surface area contributed by atoms with E-state index in [9.17, 15) is 4.79 Å². The molecule has 0 heterocycles. The minimum absolute atomic E-state index is 0.0542. The number of rotatable bonds is 11. The van der Waals surface area contributed by atoms with Crippen LogP contribution in [0.2, 0.25) is 0 Å². The molecular weight excluding hydrogens is 246 g/mol. The first kappa shape index (κ1) is 17.8. The van der Waals surface area contributed by atoms with E-state index in [0.29, 0.717) is 5.41 Å². The van der Waals surface area contributed by atoms with Gasteiger partial charge in [-0.1, -0.05) is 52.9 Å². The Bertz CT molecular complexity index is 221. The third kappa shape index (κ3) is 8.79. The highest BCUT2D eigenvalue weighted by Crippen LogP contribution is 2.33. The molecule has 0 saturated carbocycles. The van der Waals surface area contributed by atoms with Gasteiger partial charge in [0.25, 0.3) is 0 Å². The first-order chi connectivity index (χ1) is 8.58. The number of halogens is 1. The molecule has 3 heteroatoms. The molecule has 0 spiro atoms. The Morgan fingerprint density at radius 2 is 1.78 bits per heavy atom. The van der Waals surface area contributed by atoms with E-state index in [1.807, 2.05) is 0 Å². The first-order valence-corrected chi connectivity index (χ1v) is 7.94. The molecule has 0 aliphatic carbocycles. The Hall–Kier alpha value is -0.240. The van der Waals surface area contributed by atoms with Gasteiger partial charge < -0.3 is 5.32 Å². The zero-order valence-corrected chi connectivity index (χ0v) is 13.1. The molecule has 0 rings (SSSR count). The highest BCUT2D eigenvalue weighted by molar-refractivity contribution is 6.27. The van der Waals surface area contributed by atoms with Crippen molar-refractivity contribution in [1.82, 2.24) is 5.32 Å². The predicted octanol–water partition coefficient (Wildman–Crippen LogP) is 4.51. The first-order valence-electron chi connectivity index (χ1n) is 7.40. The average molecular weight is 276 g/mol. The van der Waals surface area contributed by atoms with Gasteiger partial charge in [-0.15, -0.1) is 11.6 Å². The van der Waals surface area contributed by atoms with Crippen LogP contribution in [0.15, 0.2) is 0 Å². The van der Waals surface area contributed by atoms with Gasteiger partial charge in [0.15, 0.2) is 0 Å². The summed E-state index contributed by atoms with van der Waals surface area (Å²) in [5.74, 6) is 0.0163. The third-order valence-electron chi connectivity index (χ3n) is 3.66. The normalized spacial score (nSPS) is 14.2. The van der Waals surface area contributed by atoms with E-state index in [2.05, 4.69) is 26.1 Å². The SMILES string of the molecule is CCCCCCC(C)(CCC)CCNC(=O)CCl. The number of unbranched alkanes of at least 4 members (excludes halogenated alkanes) is 3. The molecule has 0 aromatic rings. The summed E-state index contributed by atoms with van der Waals surface area (Å²) in [5.41, 5.74) is 0.377. The van der Waals surface area contributed by atoms with E-state index in [0.717, 1.165) is 13.0 Å². The topological polar surface area (TPSA) is 29.1 Å². The number of hydrogen-bond donors (Lipinski definition) is 1. The van der Waals surface area contributed by atoms with E-state index < -0.39 is 0 Å². The summed E-state index contributed by atoms with van der Waals surface area (Å²) < 4.78 is 0. The van der Waals surface area contributed by atoms with Crippen LogP contribution in [0.3, 0.4) is 0 Å². The average Bonchev–Trinajstić information content (AvgIpc) is 2.35. The van der Waals surface area contributed by atoms with Crippen molar-refractivity contribution in [3.05, 3.63) is 0 Å². The maximum Gasteiger partial charge on any atom is 0.234 e. The van der Waals surface area contributed by atoms with Gasteiger partial charge in [0, 0.05) is 6.54 Å². The van der Waals surface area contributed by atoms with E-state index in [4.69, 9.17) is 11.6 Å². The van der Waals surface area contributed by atoms with Crippen LogP contribution in [0.5, 0.6) is 0 Å². The molecule has 1 N–H and O–H groups in total. The smallest absolute Gasteiger partial charge is 0.234 e. The van der Waals surface area contributed by atoms with Gasteiger partial charge in [-0.05, 0) is 24.7 Å². The number of carbonyl (C=O) groups excluding carboxylic acids is 1. The second-order valence-electron chi connectivity index (χ2n) is 5.60.